The molecule has 88 valence electrons. The van der Waals surface area contributed by atoms with Crippen LogP contribution in [0.3, 0.4) is 0 Å². The summed E-state index contributed by atoms with van der Waals surface area (Å²) < 4.78 is 0. The van der Waals surface area contributed by atoms with Crippen LogP contribution in [0, 0.1) is 0 Å². The molecule has 1 aromatic rings. The van der Waals surface area contributed by atoms with Crippen LogP contribution < -0.4 is 5.73 Å². The van der Waals surface area contributed by atoms with E-state index in [1.165, 1.54) is 29.9 Å². The zero-order valence-corrected chi connectivity index (χ0v) is 11.2. The molecule has 1 atom stereocenters. The van der Waals surface area contributed by atoms with Crippen molar-refractivity contribution < 1.29 is 0 Å². The first-order valence-electron chi connectivity index (χ1n) is 5.81. The summed E-state index contributed by atoms with van der Waals surface area (Å²) in [6.07, 6.45) is 2.50. The Hall–Kier alpha value is -0.180. The Balaban J connectivity index is 2.21. The van der Waals surface area contributed by atoms with Crippen molar-refractivity contribution in [3.63, 3.8) is 0 Å². The molecule has 1 aliphatic rings. The van der Waals surface area contributed by atoms with E-state index in [4.69, 9.17) is 17.3 Å². The fourth-order valence-corrected chi connectivity index (χ4v) is 3.62. The van der Waals surface area contributed by atoms with Gasteiger partial charge < -0.3 is 5.73 Å². The minimum atomic E-state index is 0.0634. The summed E-state index contributed by atoms with van der Waals surface area (Å²) in [6.45, 7) is 1.99. The van der Waals surface area contributed by atoms with Gasteiger partial charge in [-0.3, -0.25) is 0 Å². The molecule has 1 aliphatic heterocycles. The van der Waals surface area contributed by atoms with Gasteiger partial charge in [0, 0.05) is 11.1 Å². The van der Waals surface area contributed by atoms with Crippen LogP contribution in [0.1, 0.15) is 42.9 Å². The predicted molar refractivity (Wildman–Crippen MR) is 73.4 cm³/mol. The van der Waals surface area contributed by atoms with Crippen LogP contribution in [-0.2, 0) is 0 Å². The molecule has 1 nitrogen and oxygen atoms in total. The number of hydrogen-bond acceptors (Lipinski definition) is 2. The van der Waals surface area contributed by atoms with Gasteiger partial charge in [0.25, 0.3) is 0 Å². The topological polar surface area (TPSA) is 26.0 Å². The van der Waals surface area contributed by atoms with Crippen molar-refractivity contribution in [3.8, 4) is 0 Å². The predicted octanol–water partition coefficient (Wildman–Crippen LogP) is 3.97. The quantitative estimate of drug-likeness (QED) is 0.865. The third kappa shape index (κ3) is 2.73. The highest BCUT2D eigenvalue weighted by Crippen LogP contribution is 2.36. The van der Waals surface area contributed by atoms with Crippen LogP contribution in [0.4, 0.5) is 0 Å². The first-order chi connectivity index (χ1) is 7.68. The molecule has 0 saturated carbocycles. The van der Waals surface area contributed by atoms with E-state index in [2.05, 4.69) is 12.1 Å². The van der Waals surface area contributed by atoms with Gasteiger partial charge in [0.05, 0.1) is 0 Å². The van der Waals surface area contributed by atoms with Crippen molar-refractivity contribution in [2.75, 3.05) is 11.5 Å². The van der Waals surface area contributed by atoms with Gasteiger partial charge in [-0.05, 0) is 54.4 Å². The minimum Gasteiger partial charge on any atom is -0.324 e. The van der Waals surface area contributed by atoms with Crippen LogP contribution in [0.25, 0.3) is 0 Å². The molecule has 3 heteroatoms. The number of hydrogen-bond donors (Lipinski definition) is 1. The van der Waals surface area contributed by atoms with Crippen LogP contribution in [0.5, 0.6) is 0 Å². The number of halogens is 1. The summed E-state index contributed by atoms with van der Waals surface area (Å²) in [6, 6.07) is 6.38. The highest BCUT2D eigenvalue weighted by Gasteiger charge is 2.18. The van der Waals surface area contributed by atoms with Crippen molar-refractivity contribution >= 4 is 23.4 Å². The molecule has 0 bridgehead atoms. The molecule has 0 aliphatic carbocycles. The minimum absolute atomic E-state index is 0.0634. The van der Waals surface area contributed by atoms with E-state index in [-0.39, 0.29) is 6.04 Å². The van der Waals surface area contributed by atoms with Gasteiger partial charge in [0.1, 0.15) is 0 Å². The molecular formula is C13H18ClNS. The van der Waals surface area contributed by atoms with Crippen molar-refractivity contribution in [3.05, 3.63) is 34.3 Å². The maximum atomic E-state index is 6.34. The van der Waals surface area contributed by atoms with Gasteiger partial charge in [-0.25, -0.2) is 0 Å². The SMILES string of the molecule is CC(N)c1ccc(C2CCSCC2)c(Cl)c1. The average Bonchev–Trinajstić information content (AvgIpc) is 2.30. The Kier molecular flexibility index (Phi) is 4.17. The fourth-order valence-electron chi connectivity index (χ4n) is 2.17. The monoisotopic (exact) mass is 255 g/mol. The molecule has 1 heterocycles. The molecule has 16 heavy (non-hydrogen) atoms. The third-order valence-electron chi connectivity index (χ3n) is 3.21. The lowest BCUT2D eigenvalue weighted by Gasteiger charge is -2.23. The molecule has 1 fully saturated rings. The Labute approximate surface area is 107 Å². The second kappa shape index (κ2) is 5.44. The van der Waals surface area contributed by atoms with Crippen LogP contribution in [-0.4, -0.2) is 11.5 Å². The molecule has 0 spiro atoms. The summed E-state index contributed by atoms with van der Waals surface area (Å²) in [5, 5.41) is 0.895. The summed E-state index contributed by atoms with van der Waals surface area (Å²) in [4.78, 5) is 0. The Morgan fingerprint density at radius 3 is 2.62 bits per heavy atom. The highest BCUT2D eigenvalue weighted by molar-refractivity contribution is 7.99. The van der Waals surface area contributed by atoms with Gasteiger partial charge in [0.15, 0.2) is 0 Å². The van der Waals surface area contributed by atoms with Crippen LogP contribution in [0.15, 0.2) is 18.2 Å². The van der Waals surface area contributed by atoms with E-state index in [0.717, 1.165) is 10.6 Å². The Morgan fingerprint density at radius 1 is 1.38 bits per heavy atom. The molecular weight excluding hydrogens is 238 g/mol. The number of thioether (sulfide) groups is 1. The molecule has 1 aromatic carbocycles. The normalized spacial score (nSPS) is 19.7. The van der Waals surface area contributed by atoms with Crippen molar-refractivity contribution in [1.29, 1.82) is 0 Å². The smallest absolute Gasteiger partial charge is 0.0444 e. The van der Waals surface area contributed by atoms with Gasteiger partial charge in [0.2, 0.25) is 0 Å². The fraction of sp³-hybridized carbons (Fsp3) is 0.538. The molecule has 0 amide bonds. The van der Waals surface area contributed by atoms with Crippen molar-refractivity contribution in [1.82, 2.24) is 0 Å². The average molecular weight is 256 g/mol. The van der Waals surface area contributed by atoms with E-state index >= 15 is 0 Å². The summed E-state index contributed by atoms with van der Waals surface area (Å²) in [5.74, 6) is 3.17. The lowest BCUT2D eigenvalue weighted by Crippen LogP contribution is -2.10. The largest absolute Gasteiger partial charge is 0.324 e. The molecule has 2 N–H and O–H groups in total. The molecule has 1 unspecified atom stereocenters. The summed E-state index contributed by atoms with van der Waals surface area (Å²) >= 11 is 8.39. The maximum Gasteiger partial charge on any atom is 0.0444 e. The molecule has 2 rings (SSSR count). The lowest BCUT2D eigenvalue weighted by atomic mass is 9.92. The Bertz CT molecular complexity index is 359. The summed E-state index contributed by atoms with van der Waals surface area (Å²) in [5.41, 5.74) is 8.28. The van der Waals surface area contributed by atoms with Gasteiger partial charge in [-0.15, -0.1) is 0 Å². The highest BCUT2D eigenvalue weighted by atomic mass is 35.5. The lowest BCUT2D eigenvalue weighted by molar-refractivity contribution is 0.637. The van der Waals surface area contributed by atoms with E-state index < -0.39 is 0 Å². The van der Waals surface area contributed by atoms with E-state index in [9.17, 15) is 0 Å². The van der Waals surface area contributed by atoms with E-state index in [1.807, 2.05) is 24.8 Å². The van der Waals surface area contributed by atoms with Crippen LogP contribution >= 0.6 is 23.4 Å². The van der Waals surface area contributed by atoms with E-state index in [0.29, 0.717) is 5.92 Å². The number of nitrogens with two attached hydrogens (primary N) is 1. The number of benzene rings is 1. The second-order valence-corrected chi connectivity index (χ2v) is 6.09. The van der Waals surface area contributed by atoms with Gasteiger partial charge >= 0.3 is 0 Å². The zero-order valence-electron chi connectivity index (χ0n) is 9.58. The van der Waals surface area contributed by atoms with Crippen molar-refractivity contribution in [2.45, 2.75) is 31.7 Å². The summed E-state index contributed by atoms with van der Waals surface area (Å²) in [7, 11) is 0. The Morgan fingerprint density at radius 2 is 2.06 bits per heavy atom. The zero-order chi connectivity index (χ0) is 11.5. The first kappa shape index (κ1) is 12.3. The molecule has 0 radical (unpaired) electrons. The van der Waals surface area contributed by atoms with E-state index in [1.54, 1.807) is 0 Å². The van der Waals surface area contributed by atoms with Gasteiger partial charge in [-0.1, -0.05) is 23.7 Å². The first-order valence-corrected chi connectivity index (χ1v) is 7.34. The second-order valence-electron chi connectivity index (χ2n) is 4.46. The molecule has 0 aromatic heterocycles. The maximum absolute atomic E-state index is 6.34. The number of rotatable bonds is 2. The van der Waals surface area contributed by atoms with Crippen molar-refractivity contribution in [2.24, 2.45) is 5.73 Å². The third-order valence-corrected chi connectivity index (χ3v) is 4.59. The molecule has 1 saturated heterocycles. The van der Waals surface area contributed by atoms with Crippen LogP contribution in [0.2, 0.25) is 5.02 Å². The standard InChI is InChI=1S/C13H18ClNS/c1-9(15)11-2-3-12(13(14)8-11)10-4-6-16-7-5-10/h2-3,8-10H,4-7,15H2,1H3. The van der Waals surface area contributed by atoms with Gasteiger partial charge in [-0.2, -0.15) is 11.8 Å².